The highest BCUT2D eigenvalue weighted by Crippen LogP contribution is 2.34. The molecule has 2 amide bonds. The summed E-state index contributed by atoms with van der Waals surface area (Å²) in [6.45, 7) is 3.70. The molecule has 5 nitrogen and oxygen atoms in total. The number of anilines is 1. The first-order valence-corrected chi connectivity index (χ1v) is 9.17. The molecule has 0 unspecified atom stereocenters. The monoisotopic (exact) mass is 404 g/mol. The number of esters is 1. The van der Waals surface area contributed by atoms with E-state index >= 15 is 0 Å². The molecular formula is C20H18Cl2N2O3. The van der Waals surface area contributed by atoms with Gasteiger partial charge < -0.3 is 10.1 Å². The number of halogens is 2. The molecule has 27 heavy (non-hydrogen) atoms. The molecule has 0 spiro atoms. The predicted octanol–water partition coefficient (Wildman–Crippen LogP) is 5.10. The summed E-state index contributed by atoms with van der Waals surface area (Å²) in [7, 11) is 0. The topological polar surface area (TPSA) is 58.6 Å². The van der Waals surface area contributed by atoms with Gasteiger partial charge in [-0.2, -0.15) is 0 Å². The van der Waals surface area contributed by atoms with Crippen LogP contribution >= 0.6 is 23.2 Å². The molecule has 0 bridgehead atoms. The standard InChI is InChI=1S/C20H18Cl2N2O3/c1-3-27-19(25)17-12(2)24(16-10-8-15(22)9-11-16)20(26)23-18(17)13-4-6-14(21)7-5-13/h4-11,18H,3H2,1-2H3,(H,23,26)/t18-/m0/s1. The Hall–Kier alpha value is -2.50. The highest BCUT2D eigenvalue weighted by Gasteiger charge is 2.37. The average Bonchev–Trinajstić information content (AvgIpc) is 2.63. The van der Waals surface area contributed by atoms with Gasteiger partial charge in [0.15, 0.2) is 0 Å². The Labute approximate surface area is 167 Å². The summed E-state index contributed by atoms with van der Waals surface area (Å²) >= 11 is 11.9. The lowest BCUT2D eigenvalue weighted by atomic mass is 9.94. The lowest BCUT2D eigenvalue weighted by Crippen LogP contribution is -2.48. The van der Waals surface area contributed by atoms with Crippen LogP contribution in [-0.4, -0.2) is 18.6 Å². The van der Waals surface area contributed by atoms with Crippen LogP contribution in [0, 0.1) is 0 Å². The summed E-state index contributed by atoms with van der Waals surface area (Å²) < 4.78 is 5.24. The zero-order valence-corrected chi connectivity index (χ0v) is 16.3. The van der Waals surface area contributed by atoms with Gasteiger partial charge in [-0.1, -0.05) is 35.3 Å². The van der Waals surface area contributed by atoms with E-state index in [4.69, 9.17) is 27.9 Å². The molecule has 2 aromatic carbocycles. The molecule has 7 heteroatoms. The Bertz CT molecular complexity index is 892. The van der Waals surface area contributed by atoms with Gasteiger partial charge in [-0.25, -0.2) is 9.59 Å². The largest absolute Gasteiger partial charge is 0.463 e. The van der Waals surface area contributed by atoms with Gasteiger partial charge in [-0.05, 0) is 55.8 Å². The Morgan fingerprint density at radius 2 is 1.63 bits per heavy atom. The highest BCUT2D eigenvalue weighted by atomic mass is 35.5. The normalized spacial score (nSPS) is 17.0. The molecular weight excluding hydrogens is 387 g/mol. The first kappa shape index (κ1) is 19.3. The number of rotatable bonds is 4. The van der Waals surface area contributed by atoms with Crippen molar-refractivity contribution >= 4 is 40.9 Å². The summed E-state index contributed by atoms with van der Waals surface area (Å²) in [6.07, 6.45) is 0. The third-order valence-corrected chi connectivity index (χ3v) is 4.77. The van der Waals surface area contributed by atoms with E-state index in [9.17, 15) is 9.59 Å². The summed E-state index contributed by atoms with van der Waals surface area (Å²) in [4.78, 5) is 27.0. The van der Waals surface area contributed by atoms with Gasteiger partial charge >= 0.3 is 12.0 Å². The molecule has 1 N–H and O–H groups in total. The van der Waals surface area contributed by atoms with Crippen LogP contribution in [-0.2, 0) is 9.53 Å². The summed E-state index contributed by atoms with van der Waals surface area (Å²) in [6, 6.07) is 12.8. The van der Waals surface area contributed by atoms with Gasteiger partial charge in [-0.3, -0.25) is 4.90 Å². The summed E-state index contributed by atoms with van der Waals surface area (Å²) in [5.74, 6) is -0.478. The lowest BCUT2D eigenvalue weighted by molar-refractivity contribution is -0.139. The zero-order chi connectivity index (χ0) is 19.6. The Balaban J connectivity index is 2.11. The van der Waals surface area contributed by atoms with E-state index in [-0.39, 0.29) is 12.6 Å². The number of hydrogen-bond donors (Lipinski definition) is 1. The number of urea groups is 1. The molecule has 1 atom stereocenters. The number of amides is 2. The fourth-order valence-electron chi connectivity index (χ4n) is 3.02. The second-order valence-corrected chi connectivity index (χ2v) is 6.84. The summed E-state index contributed by atoms with van der Waals surface area (Å²) in [5, 5.41) is 4.02. The van der Waals surface area contributed by atoms with Crippen molar-refractivity contribution in [2.45, 2.75) is 19.9 Å². The second kappa shape index (κ2) is 8.03. The van der Waals surface area contributed by atoms with Crippen molar-refractivity contribution in [3.8, 4) is 0 Å². The van der Waals surface area contributed by atoms with Gasteiger partial charge in [0.25, 0.3) is 0 Å². The molecule has 0 saturated carbocycles. The molecule has 0 aromatic heterocycles. The maximum Gasteiger partial charge on any atom is 0.338 e. The Kier molecular flexibility index (Phi) is 5.73. The van der Waals surface area contributed by atoms with Crippen molar-refractivity contribution in [1.82, 2.24) is 5.32 Å². The van der Waals surface area contributed by atoms with Gasteiger partial charge in [0, 0.05) is 15.7 Å². The van der Waals surface area contributed by atoms with E-state index in [1.807, 2.05) is 0 Å². The van der Waals surface area contributed by atoms with Crippen molar-refractivity contribution in [3.05, 3.63) is 75.4 Å². The van der Waals surface area contributed by atoms with E-state index in [0.717, 1.165) is 5.56 Å². The predicted molar refractivity (Wildman–Crippen MR) is 106 cm³/mol. The molecule has 1 aliphatic heterocycles. The molecule has 0 radical (unpaired) electrons. The van der Waals surface area contributed by atoms with E-state index in [2.05, 4.69) is 5.32 Å². The average molecular weight is 405 g/mol. The first-order valence-electron chi connectivity index (χ1n) is 8.42. The minimum Gasteiger partial charge on any atom is -0.463 e. The van der Waals surface area contributed by atoms with Crippen molar-refractivity contribution < 1.29 is 14.3 Å². The highest BCUT2D eigenvalue weighted by molar-refractivity contribution is 6.30. The molecule has 1 heterocycles. The van der Waals surface area contributed by atoms with Crippen molar-refractivity contribution in [2.75, 3.05) is 11.5 Å². The quantitative estimate of drug-likeness (QED) is 0.720. The van der Waals surface area contributed by atoms with Gasteiger partial charge in [-0.15, -0.1) is 0 Å². The van der Waals surface area contributed by atoms with Crippen LogP contribution in [0.2, 0.25) is 10.0 Å². The molecule has 0 saturated heterocycles. The number of nitrogens with zero attached hydrogens (tertiary/aromatic N) is 1. The zero-order valence-electron chi connectivity index (χ0n) is 14.8. The maximum atomic E-state index is 12.8. The number of benzene rings is 2. The molecule has 3 rings (SSSR count). The van der Waals surface area contributed by atoms with Crippen LogP contribution < -0.4 is 10.2 Å². The SMILES string of the molecule is CCOC(=O)C1=C(C)N(c2ccc(Cl)cc2)C(=O)N[C@H]1c1ccc(Cl)cc1. The van der Waals surface area contributed by atoms with E-state index in [1.54, 1.807) is 62.4 Å². The fourth-order valence-corrected chi connectivity index (χ4v) is 3.27. The number of nitrogens with one attached hydrogen (secondary N) is 1. The van der Waals surface area contributed by atoms with Gasteiger partial charge in [0.05, 0.1) is 23.9 Å². The Morgan fingerprint density at radius 3 is 2.19 bits per heavy atom. The van der Waals surface area contributed by atoms with Crippen molar-refractivity contribution in [1.29, 1.82) is 0 Å². The number of allylic oxidation sites excluding steroid dienone is 1. The third kappa shape index (κ3) is 3.94. The minimum absolute atomic E-state index is 0.234. The van der Waals surface area contributed by atoms with Crippen molar-refractivity contribution in [3.63, 3.8) is 0 Å². The fraction of sp³-hybridized carbons (Fsp3) is 0.200. The molecule has 140 valence electrons. The Morgan fingerprint density at radius 1 is 1.07 bits per heavy atom. The number of hydrogen-bond acceptors (Lipinski definition) is 3. The number of carbonyl (C=O) groups excluding carboxylic acids is 2. The van der Waals surface area contributed by atoms with Gasteiger partial charge in [0.2, 0.25) is 0 Å². The second-order valence-electron chi connectivity index (χ2n) is 5.97. The van der Waals surface area contributed by atoms with Crippen LogP contribution in [0.4, 0.5) is 10.5 Å². The van der Waals surface area contributed by atoms with E-state index < -0.39 is 12.0 Å². The van der Waals surface area contributed by atoms with Crippen LogP contribution in [0.3, 0.4) is 0 Å². The molecule has 1 aliphatic rings. The molecule has 2 aromatic rings. The summed E-state index contributed by atoms with van der Waals surface area (Å²) in [5.41, 5.74) is 2.21. The smallest absolute Gasteiger partial charge is 0.338 e. The minimum atomic E-state index is -0.627. The van der Waals surface area contributed by atoms with Crippen LogP contribution in [0.15, 0.2) is 59.8 Å². The lowest BCUT2D eigenvalue weighted by Gasteiger charge is -2.35. The van der Waals surface area contributed by atoms with Crippen LogP contribution in [0.1, 0.15) is 25.5 Å². The van der Waals surface area contributed by atoms with Crippen LogP contribution in [0.5, 0.6) is 0 Å². The first-order chi connectivity index (χ1) is 12.9. The number of ether oxygens (including phenoxy) is 1. The maximum absolute atomic E-state index is 12.8. The third-order valence-electron chi connectivity index (χ3n) is 4.27. The van der Waals surface area contributed by atoms with E-state index in [1.165, 1.54) is 4.90 Å². The number of carbonyl (C=O) groups is 2. The molecule has 0 fully saturated rings. The van der Waals surface area contributed by atoms with E-state index in [0.29, 0.717) is 27.0 Å². The molecule has 0 aliphatic carbocycles. The van der Waals surface area contributed by atoms with Gasteiger partial charge in [0.1, 0.15) is 0 Å². The van der Waals surface area contributed by atoms with Crippen molar-refractivity contribution in [2.24, 2.45) is 0 Å². The van der Waals surface area contributed by atoms with Crippen LogP contribution in [0.25, 0.3) is 0 Å².